The summed E-state index contributed by atoms with van der Waals surface area (Å²) in [6.07, 6.45) is 3.94. The second-order valence-corrected chi connectivity index (χ2v) is 6.81. The number of aromatic nitrogens is 2. The molecule has 3 heterocycles. The highest BCUT2D eigenvalue weighted by molar-refractivity contribution is 5.93. The molecule has 1 aromatic carbocycles. The molecule has 0 unspecified atom stereocenters. The van der Waals surface area contributed by atoms with Gasteiger partial charge in [0.25, 0.3) is 11.5 Å². The predicted octanol–water partition coefficient (Wildman–Crippen LogP) is 2.04. The molecular formula is C21H22N4O2. The van der Waals surface area contributed by atoms with Gasteiger partial charge in [-0.15, -0.1) is 0 Å². The normalized spacial score (nSPS) is 15.6. The van der Waals surface area contributed by atoms with Crippen molar-refractivity contribution in [3.8, 4) is 0 Å². The summed E-state index contributed by atoms with van der Waals surface area (Å²) >= 11 is 0. The highest BCUT2D eigenvalue weighted by atomic mass is 16.2. The van der Waals surface area contributed by atoms with Crippen LogP contribution in [0.3, 0.4) is 0 Å². The lowest BCUT2D eigenvalue weighted by Gasteiger charge is -2.22. The molecule has 0 N–H and O–H groups in total. The Bertz CT molecular complexity index is 1000. The Hall–Kier alpha value is -2.99. The fourth-order valence-corrected chi connectivity index (χ4v) is 3.52. The molecule has 3 aromatic rings. The van der Waals surface area contributed by atoms with Crippen molar-refractivity contribution in [2.75, 3.05) is 26.2 Å². The number of rotatable bonds is 3. The minimum Gasteiger partial charge on any atom is -0.337 e. The average Bonchev–Trinajstić information content (AvgIpc) is 2.94. The summed E-state index contributed by atoms with van der Waals surface area (Å²) < 4.78 is 1.42. The van der Waals surface area contributed by atoms with Gasteiger partial charge in [-0.25, -0.2) is 4.98 Å². The van der Waals surface area contributed by atoms with Crippen LogP contribution in [-0.2, 0) is 6.54 Å². The van der Waals surface area contributed by atoms with Crippen LogP contribution in [0.1, 0.15) is 22.3 Å². The van der Waals surface area contributed by atoms with Gasteiger partial charge in [-0.2, -0.15) is 0 Å². The number of amides is 1. The smallest absolute Gasteiger partial charge is 0.270 e. The van der Waals surface area contributed by atoms with Crippen LogP contribution in [0, 0.1) is 0 Å². The second-order valence-electron chi connectivity index (χ2n) is 6.81. The first kappa shape index (κ1) is 17.4. The lowest BCUT2D eigenvalue weighted by atomic mass is 10.2. The summed E-state index contributed by atoms with van der Waals surface area (Å²) in [7, 11) is 0. The number of fused-ring (bicyclic) bond motifs is 1. The number of hydrogen-bond acceptors (Lipinski definition) is 4. The van der Waals surface area contributed by atoms with E-state index in [1.807, 2.05) is 24.3 Å². The highest BCUT2D eigenvalue weighted by Gasteiger charge is 2.23. The van der Waals surface area contributed by atoms with Crippen LogP contribution >= 0.6 is 0 Å². The van der Waals surface area contributed by atoms with E-state index in [0.717, 1.165) is 26.1 Å². The van der Waals surface area contributed by atoms with Gasteiger partial charge in [0.2, 0.25) is 0 Å². The first-order chi connectivity index (χ1) is 13.2. The third-order valence-electron chi connectivity index (χ3n) is 4.97. The molecule has 0 atom stereocenters. The molecule has 0 radical (unpaired) electrons. The van der Waals surface area contributed by atoms with Crippen LogP contribution in [0.4, 0.5) is 0 Å². The van der Waals surface area contributed by atoms with E-state index in [1.54, 1.807) is 23.2 Å². The van der Waals surface area contributed by atoms with Crippen LogP contribution in [-0.4, -0.2) is 51.3 Å². The molecule has 27 heavy (non-hydrogen) atoms. The van der Waals surface area contributed by atoms with Crippen molar-refractivity contribution in [2.45, 2.75) is 13.0 Å². The van der Waals surface area contributed by atoms with Crippen molar-refractivity contribution in [1.29, 1.82) is 0 Å². The number of benzene rings is 1. The molecule has 1 amide bonds. The summed E-state index contributed by atoms with van der Waals surface area (Å²) in [6, 6.07) is 15.7. The Morgan fingerprint density at radius 1 is 0.963 bits per heavy atom. The molecular weight excluding hydrogens is 340 g/mol. The quantitative estimate of drug-likeness (QED) is 0.716. The number of pyridine rings is 1. The van der Waals surface area contributed by atoms with Crippen LogP contribution < -0.4 is 5.56 Å². The van der Waals surface area contributed by atoms with Gasteiger partial charge in [0.05, 0.1) is 0 Å². The molecule has 0 spiro atoms. The van der Waals surface area contributed by atoms with Crippen LogP contribution in [0.15, 0.2) is 65.7 Å². The van der Waals surface area contributed by atoms with Crippen molar-refractivity contribution < 1.29 is 4.79 Å². The second kappa shape index (κ2) is 7.72. The van der Waals surface area contributed by atoms with E-state index in [2.05, 4.69) is 22.0 Å². The van der Waals surface area contributed by atoms with E-state index in [9.17, 15) is 9.59 Å². The summed E-state index contributed by atoms with van der Waals surface area (Å²) in [5, 5.41) is 0. The standard InChI is InChI=1S/C21H22N4O2/c26-20(18-15-22-19-9-4-5-12-25(19)21(18)27)24-11-6-10-23(13-14-24)16-17-7-2-1-3-8-17/h1-5,7-9,12,15H,6,10-11,13-14,16H2. The Kier molecular flexibility index (Phi) is 4.98. The lowest BCUT2D eigenvalue weighted by Crippen LogP contribution is -2.38. The highest BCUT2D eigenvalue weighted by Crippen LogP contribution is 2.11. The van der Waals surface area contributed by atoms with Gasteiger partial charge in [-0.3, -0.25) is 18.9 Å². The zero-order valence-electron chi connectivity index (χ0n) is 15.1. The van der Waals surface area contributed by atoms with Gasteiger partial charge in [0.15, 0.2) is 0 Å². The topological polar surface area (TPSA) is 57.9 Å². The van der Waals surface area contributed by atoms with Crippen molar-refractivity contribution in [2.24, 2.45) is 0 Å². The molecule has 0 bridgehead atoms. The SMILES string of the molecule is O=C(c1cnc2ccccn2c1=O)N1CCCN(Cc2ccccc2)CC1. The van der Waals surface area contributed by atoms with Crippen molar-refractivity contribution in [1.82, 2.24) is 19.2 Å². The first-order valence-corrected chi connectivity index (χ1v) is 9.24. The van der Waals surface area contributed by atoms with E-state index in [-0.39, 0.29) is 17.0 Å². The fraction of sp³-hybridized carbons (Fsp3) is 0.286. The van der Waals surface area contributed by atoms with Gasteiger partial charge in [-0.1, -0.05) is 36.4 Å². The fourth-order valence-electron chi connectivity index (χ4n) is 3.52. The summed E-state index contributed by atoms with van der Waals surface area (Å²) in [6.45, 7) is 3.88. The Morgan fingerprint density at radius 3 is 2.63 bits per heavy atom. The molecule has 0 aliphatic carbocycles. The van der Waals surface area contributed by atoms with Crippen LogP contribution in [0.2, 0.25) is 0 Å². The maximum Gasteiger partial charge on any atom is 0.270 e. The average molecular weight is 362 g/mol. The first-order valence-electron chi connectivity index (χ1n) is 9.24. The van der Waals surface area contributed by atoms with Gasteiger partial charge >= 0.3 is 0 Å². The number of nitrogens with zero attached hydrogens (tertiary/aromatic N) is 4. The Morgan fingerprint density at radius 2 is 1.78 bits per heavy atom. The monoisotopic (exact) mass is 362 g/mol. The summed E-state index contributed by atoms with van der Waals surface area (Å²) in [5.74, 6) is -0.229. The van der Waals surface area contributed by atoms with Gasteiger partial charge in [0.1, 0.15) is 11.2 Å². The van der Waals surface area contributed by atoms with E-state index in [0.29, 0.717) is 18.7 Å². The third-order valence-corrected chi connectivity index (χ3v) is 4.97. The molecule has 1 aliphatic heterocycles. The molecule has 0 saturated carbocycles. The van der Waals surface area contributed by atoms with Crippen LogP contribution in [0.5, 0.6) is 0 Å². The summed E-state index contributed by atoms with van der Waals surface area (Å²) in [5.41, 5.74) is 1.64. The number of hydrogen-bond donors (Lipinski definition) is 0. The predicted molar refractivity (Wildman–Crippen MR) is 104 cm³/mol. The minimum atomic E-state index is -0.309. The molecule has 6 nitrogen and oxygen atoms in total. The third kappa shape index (κ3) is 3.75. The summed E-state index contributed by atoms with van der Waals surface area (Å²) in [4.78, 5) is 34.0. The van der Waals surface area contributed by atoms with Gasteiger partial charge in [0, 0.05) is 45.1 Å². The van der Waals surface area contributed by atoms with E-state index in [1.165, 1.54) is 16.2 Å². The van der Waals surface area contributed by atoms with Gasteiger partial charge < -0.3 is 4.90 Å². The zero-order chi connectivity index (χ0) is 18.6. The maximum atomic E-state index is 12.9. The van der Waals surface area contributed by atoms with Crippen molar-refractivity contribution in [3.05, 3.63) is 82.4 Å². The molecule has 1 aliphatic rings. The van der Waals surface area contributed by atoms with E-state index in [4.69, 9.17) is 0 Å². The Balaban J connectivity index is 1.48. The van der Waals surface area contributed by atoms with Gasteiger partial charge in [-0.05, 0) is 24.1 Å². The molecule has 6 heteroatoms. The van der Waals surface area contributed by atoms with E-state index >= 15 is 0 Å². The maximum absolute atomic E-state index is 12.9. The zero-order valence-corrected chi connectivity index (χ0v) is 15.1. The largest absolute Gasteiger partial charge is 0.337 e. The van der Waals surface area contributed by atoms with E-state index < -0.39 is 0 Å². The van der Waals surface area contributed by atoms with Crippen molar-refractivity contribution >= 4 is 11.6 Å². The number of carbonyl (C=O) groups excluding carboxylic acids is 1. The molecule has 2 aromatic heterocycles. The van der Waals surface area contributed by atoms with Crippen LogP contribution in [0.25, 0.3) is 5.65 Å². The lowest BCUT2D eigenvalue weighted by molar-refractivity contribution is 0.0758. The minimum absolute atomic E-state index is 0.134. The Labute approximate surface area is 157 Å². The molecule has 1 saturated heterocycles. The van der Waals surface area contributed by atoms with Crippen molar-refractivity contribution in [3.63, 3.8) is 0 Å². The number of carbonyl (C=O) groups is 1. The molecule has 1 fully saturated rings. The molecule has 4 rings (SSSR count). The molecule has 138 valence electrons.